The Kier molecular flexibility index (Phi) is 3.99. The molecule has 0 aromatic heterocycles. The van der Waals surface area contributed by atoms with E-state index in [1.165, 1.54) is 0 Å². The van der Waals surface area contributed by atoms with Crippen LogP contribution in [-0.4, -0.2) is 13.2 Å². The number of rotatable bonds is 3. The molecule has 0 saturated carbocycles. The first-order chi connectivity index (χ1) is 10.1. The van der Waals surface area contributed by atoms with Crippen LogP contribution in [-0.2, 0) is 6.61 Å². The van der Waals surface area contributed by atoms with Gasteiger partial charge in [-0.25, -0.2) is 0 Å². The van der Waals surface area contributed by atoms with Crippen LogP contribution in [0.5, 0.6) is 17.2 Å². The normalized spacial score (nSPS) is 13.0. The molecule has 1 aliphatic rings. The smallest absolute Gasteiger partial charge is 0.163 e. The Hall–Kier alpha value is -1.78. The summed E-state index contributed by atoms with van der Waals surface area (Å²) in [4.78, 5) is 0. The lowest BCUT2D eigenvalue weighted by Gasteiger charge is -2.20. The highest BCUT2D eigenvalue weighted by Gasteiger charge is 2.15. The van der Waals surface area contributed by atoms with Gasteiger partial charge >= 0.3 is 0 Å². The number of halogens is 2. The Morgan fingerprint density at radius 1 is 1.00 bits per heavy atom. The third-order valence-corrected chi connectivity index (χ3v) is 3.83. The molecule has 0 aliphatic carbocycles. The standard InChI is InChI=1S/C15H13Cl2NO3/c16-11-2-1-10(6-12(11)17)21-8-9-5-14-15(7-13(9)18)20-4-3-19-14/h1-2,5-7H,3-4,8,18H2. The summed E-state index contributed by atoms with van der Waals surface area (Å²) < 4.78 is 16.7. The lowest BCUT2D eigenvalue weighted by molar-refractivity contribution is 0.171. The van der Waals surface area contributed by atoms with Gasteiger partial charge in [-0.1, -0.05) is 23.2 Å². The van der Waals surface area contributed by atoms with Gasteiger partial charge in [0.05, 0.1) is 10.0 Å². The maximum atomic E-state index is 6.00. The van der Waals surface area contributed by atoms with Crippen molar-refractivity contribution in [3.63, 3.8) is 0 Å². The summed E-state index contributed by atoms with van der Waals surface area (Å²) in [6, 6.07) is 8.69. The highest BCUT2D eigenvalue weighted by Crippen LogP contribution is 2.35. The van der Waals surface area contributed by atoms with Gasteiger partial charge in [-0.3, -0.25) is 0 Å². The Bertz CT molecular complexity index is 676. The zero-order valence-corrected chi connectivity index (χ0v) is 12.6. The van der Waals surface area contributed by atoms with Crippen molar-refractivity contribution in [2.45, 2.75) is 6.61 Å². The molecule has 3 rings (SSSR count). The number of benzene rings is 2. The molecule has 0 amide bonds. The number of hydrogen-bond acceptors (Lipinski definition) is 4. The summed E-state index contributed by atoms with van der Waals surface area (Å²) in [5.41, 5.74) is 7.42. The Morgan fingerprint density at radius 3 is 2.43 bits per heavy atom. The predicted octanol–water partition coefficient (Wildman–Crippen LogP) is 3.93. The first-order valence-corrected chi connectivity index (χ1v) is 7.15. The van der Waals surface area contributed by atoms with E-state index in [-0.39, 0.29) is 0 Å². The third-order valence-electron chi connectivity index (χ3n) is 3.09. The predicted molar refractivity (Wildman–Crippen MR) is 82.6 cm³/mol. The van der Waals surface area contributed by atoms with Crippen LogP contribution >= 0.6 is 23.2 Å². The average Bonchev–Trinajstić information content (AvgIpc) is 2.48. The van der Waals surface area contributed by atoms with E-state index >= 15 is 0 Å². The van der Waals surface area contributed by atoms with Crippen molar-refractivity contribution in [1.29, 1.82) is 0 Å². The third kappa shape index (κ3) is 3.12. The second kappa shape index (κ2) is 5.92. The van der Waals surface area contributed by atoms with E-state index in [1.54, 1.807) is 24.3 Å². The number of nitrogen functional groups attached to an aromatic ring is 1. The minimum absolute atomic E-state index is 0.306. The van der Waals surface area contributed by atoms with Crippen molar-refractivity contribution < 1.29 is 14.2 Å². The monoisotopic (exact) mass is 325 g/mol. The molecular formula is C15H13Cl2NO3. The highest BCUT2D eigenvalue weighted by atomic mass is 35.5. The molecule has 0 saturated heterocycles. The van der Waals surface area contributed by atoms with E-state index in [0.717, 1.165) is 5.56 Å². The van der Waals surface area contributed by atoms with Gasteiger partial charge in [-0.15, -0.1) is 0 Å². The van der Waals surface area contributed by atoms with Crippen LogP contribution in [0.3, 0.4) is 0 Å². The summed E-state index contributed by atoms with van der Waals surface area (Å²) in [5.74, 6) is 1.97. The van der Waals surface area contributed by atoms with E-state index in [2.05, 4.69) is 0 Å². The van der Waals surface area contributed by atoms with Crippen molar-refractivity contribution >= 4 is 28.9 Å². The molecule has 0 fully saturated rings. The van der Waals surface area contributed by atoms with Crippen molar-refractivity contribution in [1.82, 2.24) is 0 Å². The molecule has 0 unspecified atom stereocenters. The summed E-state index contributed by atoms with van der Waals surface area (Å²) >= 11 is 11.8. The summed E-state index contributed by atoms with van der Waals surface area (Å²) in [6.45, 7) is 1.37. The molecule has 2 aromatic carbocycles. The molecule has 1 heterocycles. The molecule has 110 valence electrons. The topological polar surface area (TPSA) is 53.7 Å². The number of ether oxygens (including phenoxy) is 3. The molecule has 0 bridgehead atoms. The Labute approximate surface area is 132 Å². The minimum atomic E-state index is 0.306. The van der Waals surface area contributed by atoms with Crippen molar-refractivity contribution in [2.75, 3.05) is 18.9 Å². The van der Waals surface area contributed by atoms with E-state index < -0.39 is 0 Å². The van der Waals surface area contributed by atoms with E-state index in [0.29, 0.717) is 52.8 Å². The molecule has 2 aromatic rings. The molecule has 1 aliphatic heterocycles. The van der Waals surface area contributed by atoms with Crippen LogP contribution in [0.4, 0.5) is 5.69 Å². The fourth-order valence-electron chi connectivity index (χ4n) is 2.00. The number of fused-ring (bicyclic) bond motifs is 1. The number of anilines is 1. The van der Waals surface area contributed by atoms with Crippen LogP contribution in [0.1, 0.15) is 5.56 Å². The Balaban J connectivity index is 1.77. The summed E-state index contributed by atoms with van der Waals surface area (Å²) in [6.07, 6.45) is 0. The molecule has 21 heavy (non-hydrogen) atoms. The van der Waals surface area contributed by atoms with E-state index in [4.69, 9.17) is 43.1 Å². The number of hydrogen-bond donors (Lipinski definition) is 1. The highest BCUT2D eigenvalue weighted by molar-refractivity contribution is 6.42. The van der Waals surface area contributed by atoms with E-state index in [9.17, 15) is 0 Å². The van der Waals surface area contributed by atoms with Gasteiger partial charge in [0.1, 0.15) is 25.6 Å². The van der Waals surface area contributed by atoms with Crippen LogP contribution in [0.15, 0.2) is 30.3 Å². The maximum absolute atomic E-state index is 6.00. The molecule has 2 N–H and O–H groups in total. The van der Waals surface area contributed by atoms with Gasteiger partial charge in [0, 0.05) is 23.4 Å². The van der Waals surface area contributed by atoms with Crippen molar-refractivity contribution in [2.24, 2.45) is 0 Å². The lowest BCUT2D eigenvalue weighted by atomic mass is 10.1. The number of nitrogens with two attached hydrogens (primary N) is 1. The van der Waals surface area contributed by atoms with Crippen LogP contribution in [0, 0.1) is 0 Å². The minimum Gasteiger partial charge on any atom is -0.489 e. The first kappa shape index (κ1) is 14.2. The van der Waals surface area contributed by atoms with E-state index in [1.807, 2.05) is 6.07 Å². The molecule has 0 spiro atoms. The van der Waals surface area contributed by atoms with Gasteiger partial charge < -0.3 is 19.9 Å². The molecule has 0 atom stereocenters. The van der Waals surface area contributed by atoms with Crippen molar-refractivity contribution in [3.8, 4) is 17.2 Å². The molecule has 0 radical (unpaired) electrons. The van der Waals surface area contributed by atoms with Gasteiger partial charge in [-0.05, 0) is 18.2 Å². The zero-order valence-electron chi connectivity index (χ0n) is 11.1. The quantitative estimate of drug-likeness (QED) is 0.869. The fraction of sp³-hybridized carbons (Fsp3) is 0.200. The molecule has 4 nitrogen and oxygen atoms in total. The van der Waals surface area contributed by atoms with Gasteiger partial charge in [0.2, 0.25) is 0 Å². The second-order valence-electron chi connectivity index (χ2n) is 4.56. The van der Waals surface area contributed by atoms with Crippen LogP contribution < -0.4 is 19.9 Å². The van der Waals surface area contributed by atoms with Crippen LogP contribution in [0.2, 0.25) is 10.0 Å². The first-order valence-electron chi connectivity index (χ1n) is 6.39. The maximum Gasteiger partial charge on any atom is 0.163 e. The largest absolute Gasteiger partial charge is 0.489 e. The van der Waals surface area contributed by atoms with Crippen LogP contribution in [0.25, 0.3) is 0 Å². The summed E-state index contributed by atoms with van der Waals surface area (Å²) in [5, 5.41) is 0.937. The Morgan fingerprint density at radius 2 is 1.71 bits per heavy atom. The van der Waals surface area contributed by atoms with Gasteiger partial charge in [0.25, 0.3) is 0 Å². The fourth-order valence-corrected chi connectivity index (χ4v) is 2.29. The van der Waals surface area contributed by atoms with Gasteiger partial charge in [0.15, 0.2) is 11.5 Å². The molecule has 6 heteroatoms. The lowest BCUT2D eigenvalue weighted by Crippen LogP contribution is -2.16. The average molecular weight is 326 g/mol. The zero-order chi connectivity index (χ0) is 14.8. The van der Waals surface area contributed by atoms with Crippen molar-refractivity contribution in [3.05, 3.63) is 45.9 Å². The second-order valence-corrected chi connectivity index (χ2v) is 5.37. The van der Waals surface area contributed by atoms with Gasteiger partial charge in [-0.2, -0.15) is 0 Å². The summed E-state index contributed by atoms with van der Waals surface area (Å²) in [7, 11) is 0. The SMILES string of the molecule is Nc1cc2c(cc1COc1ccc(Cl)c(Cl)c1)OCCO2. The molecular weight excluding hydrogens is 313 g/mol.